The zero-order chi connectivity index (χ0) is 18.8. The number of aryl methyl sites for hydroxylation is 1. The maximum absolute atomic E-state index is 12.8. The first kappa shape index (κ1) is 17.3. The number of allylic oxidation sites excluding steroid dienone is 3. The molecular formula is C20H18ClN5O. The molecule has 0 aliphatic carbocycles. The van der Waals surface area contributed by atoms with E-state index in [1.807, 2.05) is 60.5 Å². The van der Waals surface area contributed by atoms with Gasteiger partial charge in [0.25, 0.3) is 5.91 Å². The van der Waals surface area contributed by atoms with Gasteiger partial charge in [-0.3, -0.25) is 14.8 Å². The molecule has 136 valence electrons. The number of hydrogen-bond donors (Lipinski definition) is 2. The average molecular weight is 380 g/mol. The molecule has 6 nitrogen and oxygen atoms in total. The molecule has 0 saturated carbocycles. The lowest BCUT2D eigenvalue weighted by molar-refractivity contribution is -0.118. The summed E-state index contributed by atoms with van der Waals surface area (Å²) in [7, 11) is 0. The fourth-order valence-corrected chi connectivity index (χ4v) is 3.24. The number of benzene rings is 1. The molecule has 1 aromatic carbocycles. The number of rotatable bonds is 4. The van der Waals surface area contributed by atoms with Crippen LogP contribution in [0.2, 0.25) is 5.02 Å². The zero-order valence-electron chi connectivity index (χ0n) is 14.7. The van der Waals surface area contributed by atoms with Crippen LogP contribution in [0.15, 0.2) is 72.5 Å². The summed E-state index contributed by atoms with van der Waals surface area (Å²) >= 11 is 6.14. The third-order valence-electron chi connectivity index (χ3n) is 4.36. The van der Waals surface area contributed by atoms with E-state index in [0.717, 1.165) is 17.0 Å². The van der Waals surface area contributed by atoms with Crippen LogP contribution in [0.5, 0.6) is 0 Å². The van der Waals surface area contributed by atoms with E-state index in [-0.39, 0.29) is 12.1 Å². The first-order chi connectivity index (χ1) is 13.1. The number of hydrogen-bond acceptors (Lipinski definition) is 5. The number of nitrogens with one attached hydrogen (secondary N) is 2. The number of fused-ring (bicyclic) bond motifs is 1. The molecule has 2 aliphatic heterocycles. The molecular weight excluding hydrogens is 362 g/mol. The van der Waals surface area contributed by atoms with Gasteiger partial charge in [-0.1, -0.05) is 29.8 Å². The van der Waals surface area contributed by atoms with Crippen molar-refractivity contribution in [3.8, 4) is 0 Å². The van der Waals surface area contributed by atoms with Gasteiger partial charge in [0.05, 0.1) is 29.8 Å². The van der Waals surface area contributed by atoms with Crippen molar-refractivity contribution in [1.29, 1.82) is 0 Å². The van der Waals surface area contributed by atoms with E-state index in [0.29, 0.717) is 23.0 Å². The Morgan fingerprint density at radius 2 is 2.19 bits per heavy atom. The lowest BCUT2D eigenvalue weighted by atomic mass is 10.1. The highest BCUT2D eigenvalue weighted by Gasteiger charge is 2.33. The van der Waals surface area contributed by atoms with E-state index in [9.17, 15) is 4.79 Å². The molecule has 7 heteroatoms. The first-order valence-electron chi connectivity index (χ1n) is 8.57. The molecule has 1 amide bonds. The van der Waals surface area contributed by atoms with Crippen molar-refractivity contribution < 1.29 is 4.79 Å². The molecule has 0 spiro atoms. The fraction of sp³-hybridized carbons (Fsp3) is 0.150. The highest BCUT2D eigenvalue weighted by molar-refractivity contribution is 6.30. The van der Waals surface area contributed by atoms with E-state index in [4.69, 9.17) is 11.6 Å². The maximum Gasteiger partial charge on any atom is 0.269 e. The van der Waals surface area contributed by atoms with E-state index in [2.05, 4.69) is 20.6 Å². The summed E-state index contributed by atoms with van der Waals surface area (Å²) < 4.78 is 0. The number of amides is 1. The summed E-state index contributed by atoms with van der Waals surface area (Å²) in [5.74, 6) is -0.193. The SMILES string of the molecule is Cc1cnc(CNC(=O)C2=C3C=CC=CN3C(c3cccc(Cl)c3)N2)cn1. The van der Waals surface area contributed by atoms with Crippen molar-refractivity contribution in [3.05, 3.63) is 94.5 Å². The molecule has 1 unspecified atom stereocenters. The molecule has 3 heterocycles. The molecule has 1 aromatic heterocycles. The molecule has 0 fully saturated rings. The highest BCUT2D eigenvalue weighted by atomic mass is 35.5. The largest absolute Gasteiger partial charge is 0.355 e. The van der Waals surface area contributed by atoms with Crippen molar-refractivity contribution in [2.24, 2.45) is 0 Å². The molecule has 1 atom stereocenters. The Morgan fingerprint density at radius 3 is 2.96 bits per heavy atom. The highest BCUT2D eigenvalue weighted by Crippen LogP contribution is 2.34. The summed E-state index contributed by atoms with van der Waals surface area (Å²) in [6.45, 7) is 2.18. The molecule has 27 heavy (non-hydrogen) atoms. The van der Waals surface area contributed by atoms with Gasteiger partial charge in [0.2, 0.25) is 0 Å². The van der Waals surface area contributed by atoms with Crippen LogP contribution in [0.3, 0.4) is 0 Å². The molecule has 2 aromatic rings. The second-order valence-corrected chi connectivity index (χ2v) is 6.74. The number of halogens is 1. The average Bonchev–Trinajstić information content (AvgIpc) is 3.07. The smallest absolute Gasteiger partial charge is 0.269 e. The van der Waals surface area contributed by atoms with Crippen LogP contribution in [0.25, 0.3) is 0 Å². The van der Waals surface area contributed by atoms with Gasteiger partial charge in [-0.25, -0.2) is 0 Å². The minimum absolute atomic E-state index is 0.193. The molecule has 0 radical (unpaired) electrons. The minimum atomic E-state index is -0.195. The van der Waals surface area contributed by atoms with Crippen LogP contribution in [0.4, 0.5) is 0 Å². The third-order valence-corrected chi connectivity index (χ3v) is 4.60. The second-order valence-electron chi connectivity index (χ2n) is 6.30. The van der Waals surface area contributed by atoms with Gasteiger partial charge < -0.3 is 15.5 Å². The quantitative estimate of drug-likeness (QED) is 0.854. The van der Waals surface area contributed by atoms with Crippen LogP contribution >= 0.6 is 11.6 Å². The number of carbonyl (C=O) groups is 1. The van der Waals surface area contributed by atoms with Crippen LogP contribution in [0, 0.1) is 6.92 Å². The lowest BCUT2D eigenvalue weighted by Gasteiger charge is -2.26. The predicted octanol–water partition coefficient (Wildman–Crippen LogP) is 2.95. The molecule has 2 aliphatic rings. The third kappa shape index (κ3) is 3.57. The van der Waals surface area contributed by atoms with Crippen molar-refractivity contribution in [2.75, 3.05) is 0 Å². The Hall–Kier alpha value is -3.12. The Bertz CT molecular complexity index is 965. The van der Waals surface area contributed by atoms with Gasteiger partial charge in [-0.15, -0.1) is 0 Å². The summed E-state index contributed by atoms with van der Waals surface area (Å²) in [5, 5.41) is 6.88. The second kappa shape index (κ2) is 7.25. The van der Waals surface area contributed by atoms with Crippen LogP contribution < -0.4 is 10.6 Å². The monoisotopic (exact) mass is 379 g/mol. The normalized spacial score (nSPS) is 17.7. The topological polar surface area (TPSA) is 70.2 Å². The Morgan fingerprint density at radius 1 is 1.30 bits per heavy atom. The molecule has 0 saturated heterocycles. The Labute approximate surface area is 162 Å². The van der Waals surface area contributed by atoms with Crippen LogP contribution in [0.1, 0.15) is 23.1 Å². The van der Waals surface area contributed by atoms with Gasteiger partial charge >= 0.3 is 0 Å². The maximum atomic E-state index is 12.8. The summed E-state index contributed by atoms with van der Waals surface area (Å²) in [4.78, 5) is 23.3. The van der Waals surface area contributed by atoms with Gasteiger partial charge in [-0.2, -0.15) is 0 Å². The summed E-state index contributed by atoms with van der Waals surface area (Å²) in [6.07, 6.45) is 10.9. The van der Waals surface area contributed by atoms with E-state index >= 15 is 0 Å². The zero-order valence-corrected chi connectivity index (χ0v) is 15.4. The summed E-state index contributed by atoms with van der Waals surface area (Å²) in [5.41, 5.74) is 3.86. The van der Waals surface area contributed by atoms with Gasteiger partial charge in [0.15, 0.2) is 0 Å². The van der Waals surface area contributed by atoms with Gasteiger partial charge in [-0.05, 0) is 36.8 Å². The molecule has 2 N–H and O–H groups in total. The number of nitrogens with zero attached hydrogens (tertiary/aromatic N) is 3. The van der Waals surface area contributed by atoms with Crippen molar-refractivity contribution in [3.63, 3.8) is 0 Å². The summed E-state index contributed by atoms with van der Waals surface area (Å²) in [6, 6.07) is 7.61. The van der Waals surface area contributed by atoms with Crippen molar-refractivity contribution in [2.45, 2.75) is 19.6 Å². The molecule has 0 bridgehead atoms. The van der Waals surface area contributed by atoms with E-state index < -0.39 is 0 Å². The molecule has 4 rings (SSSR count). The fourth-order valence-electron chi connectivity index (χ4n) is 3.05. The lowest BCUT2D eigenvalue weighted by Crippen LogP contribution is -2.32. The van der Waals surface area contributed by atoms with E-state index in [1.54, 1.807) is 12.4 Å². The minimum Gasteiger partial charge on any atom is -0.355 e. The van der Waals surface area contributed by atoms with Gasteiger partial charge in [0.1, 0.15) is 11.9 Å². The van der Waals surface area contributed by atoms with Crippen LogP contribution in [-0.2, 0) is 11.3 Å². The Balaban J connectivity index is 1.54. The predicted molar refractivity (Wildman–Crippen MR) is 103 cm³/mol. The Kier molecular flexibility index (Phi) is 4.64. The van der Waals surface area contributed by atoms with Crippen LogP contribution in [-0.4, -0.2) is 20.8 Å². The first-order valence-corrected chi connectivity index (χ1v) is 8.95. The standard InChI is InChI=1S/C20H18ClN5O/c1-13-10-23-16(11-22-13)12-24-20(27)18-17-7-2-3-8-26(17)19(25-18)14-5-4-6-15(21)9-14/h2-11,19,25H,12H2,1H3,(H,24,27). The van der Waals surface area contributed by atoms with Crippen molar-refractivity contribution in [1.82, 2.24) is 25.5 Å². The van der Waals surface area contributed by atoms with E-state index in [1.165, 1.54) is 0 Å². The number of carbonyl (C=O) groups excluding carboxylic acids is 1. The number of aromatic nitrogens is 2. The van der Waals surface area contributed by atoms with Crippen molar-refractivity contribution >= 4 is 17.5 Å². The van der Waals surface area contributed by atoms with Gasteiger partial charge in [0, 0.05) is 17.4 Å².